The molecule has 5 heteroatoms. The van der Waals surface area contributed by atoms with Crippen LogP contribution >= 0.6 is 11.8 Å². The van der Waals surface area contributed by atoms with Gasteiger partial charge in [0.25, 0.3) is 0 Å². The van der Waals surface area contributed by atoms with E-state index in [9.17, 15) is 9.90 Å². The Labute approximate surface area is 75.4 Å². The van der Waals surface area contributed by atoms with Crippen LogP contribution in [0.1, 0.15) is 13.3 Å². The van der Waals surface area contributed by atoms with Crippen LogP contribution in [-0.2, 0) is 4.79 Å². The van der Waals surface area contributed by atoms with Gasteiger partial charge in [-0.2, -0.15) is 0 Å². The fourth-order valence-corrected chi connectivity index (χ4v) is 1.86. The molecule has 0 spiro atoms. The molecule has 0 amide bonds. The maximum Gasteiger partial charge on any atom is 0.304 e. The Morgan fingerprint density at radius 3 is 3.08 bits per heavy atom. The summed E-state index contributed by atoms with van der Waals surface area (Å²) in [6, 6.07) is 0. The highest BCUT2D eigenvalue weighted by molar-refractivity contribution is 8.14. The van der Waals surface area contributed by atoms with Crippen LogP contribution in [0.3, 0.4) is 0 Å². The Kier molecular flexibility index (Phi) is 3.40. The molecule has 0 aromatic heterocycles. The second-order valence-corrected chi connectivity index (χ2v) is 3.73. The van der Waals surface area contributed by atoms with Gasteiger partial charge in [-0.05, 0) is 18.2 Å². The average molecular weight is 188 g/mol. The highest BCUT2D eigenvalue weighted by Crippen LogP contribution is 2.12. The predicted octanol–water partition coefficient (Wildman–Crippen LogP) is -2.71. The van der Waals surface area contributed by atoms with Crippen LogP contribution in [0.5, 0.6) is 0 Å². The first-order valence-corrected chi connectivity index (χ1v) is 4.84. The zero-order valence-corrected chi connectivity index (χ0v) is 7.74. The molecule has 4 nitrogen and oxygen atoms in total. The number of carboxylic acids is 1. The van der Waals surface area contributed by atoms with Gasteiger partial charge in [0.1, 0.15) is 13.1 Å². The Hall–Kier alpha value is -0.710. The van der Waals surface area contributed by atoms with Gasteiger partial charge in [-0.15, -0.1) is 0 Å². The second-order valence-electron chi connectivity index (χ2n) is 2.52. The van der Waals surface area contributed by atoms with Gasteiger partial charge in [0.2, 0.25) is 0 Å². The van der Waals surface area contributed by atoms with Gasteiger partial charge in [-0.3, -0.25) is 10.3 Å². The summed E-state index contributed by atoms with van der Waals surface area (Å²) in [5, 5.41) is 14.0. The summed E-state index contributed by atoms with van der Waals surface area (Å²) in [7, 11) is 0. The van der Waals surface area contributed by atoms with Crippen molar-refractivity contribution in [2.24, 2.45) is 0 Å². The first kappa shape index (κ1) is 9.38. The van der Waals surface area contributed by atoms with E-state index in [0.29, 0.717) is 6.42 Å². The Morgan fingerprint density at radius 1 is 1.92 bits per heavy atom. The number of nitrogens with one attached hydrogen (secondary N) is 2. The zero-order valence-electron chi connectivity index (χ0n) is 6.92. The van der Waals surface area contributed by atoms with Crippen LogP contribution in [0.15, 0.2) is 0 Å². The largest absolute Gasteiger partial charge is 0.549 e. The molecule has 0 saturated heterocycles. The molecule has 1 atom stereocenters. The van der Waals surface area contributed by atoms with E-state index in [1.807, 2.05) is 6.92 Å². The molecule has 1 heterocycles. The molecule has 1 aliphatic rings. The molecule has 1 aliphatic heterocycles. The van der Waals surface area contributed by atoms with Gasteiger partial charge in [0, 0.05) is 0 Å². The highest BCUT2D eigenvalue weighted by Gasteiger charge is 2.19. The van der Waals surface area contributed by atoms with Crippen molar-refractivity contribution in [2.75, 3.05) is 13.1 Å². The number of thioether (sulfide) groups is 1. The Bertz CT molecular complexity index is 206. The van der Waals surface area contributed by atoms with Crippen molar-refractivity contribution in [3.05, 3.63) is 0 Å². The lowest BCUT2D eigenvalue weighted by Gasteiger charge is -2.11. The lowest BCUT2D eigenvalue weighted by Crippen LogP contribution is -2.70. The summed E-state index contributed by atoms with van der Waals surface area (Å²) in [6.07, 6.45) is 0.583. The molecule has 0 bridgehead atoms. The van der Waals surface area contributed by atoms with Crippen molar-refractivity contribution in [1.29, 1.82) is 0 Å². The maximum atomic E-state index is 10.5. The van der Waals surface area contributed by atoms with E-state index in [-0.39, 0.29) is 0 Å². The summed E-state index contributed by atoms with van der Waals surface area (Å²) in [4.78, 5) is 13.6. The van der Waals surface area contributed by atoms with E-state index in [2.05, 4.69) is 10.3 Å². The SMILES string of the molecule is CCC(SC1=[NH+]CCN1)C(=O)[O-]. The van der Waals surface area contributed by atoms with Crippen LogP contribution in [0.25, 0.3) is 0 Å². The molecule has 0 saturated carbocycles. The maximum absolute atomic E-state index is 10.5. The fourth-order valence-electron chi connectivity index (χ4n) is 0.938. The molecule has 0 fully saturated rings. The molecule has 0 aromatic carbocycles. The molecule has 2 N–H and O–H groups in total. The summed E-state index contributed by atoms with van der Waals surface area (Å²) in [5.41, 5.74) is 0. The smallest absolute Gasteiger partial charge is 0.304 e. The van der Waals surface area contributed by atoms with Gasteiger partial charge < -0.3 is 9.90 Å². The summed E-state index contributed by atoms with van der Waals surface area (Å²) < 4.78 is 0. The van der Waals surface area contributed by atoms with E-state index in [1.165, 1.54) is 11.8 Å². The molecule has 1 rings (SSSR count). The Balaban J connectivity index is 2.41. The summed E-state index contributed by atoms with van der Waals surface area (Å²) in [6.45, 7) is 3.57. The van der Waals surface area contributed by atoms with E-state index < -0.39 is 11.2 Å². The van der Waals surface area contributed by atoms with Crippen molar-refractivity contribution in [3.63, 3.8) is 0 Å². The number of amidine groups is 1. The number of carbonyl (C=O) groups is 1. The second kappa shape index (κ2) is 4.35. The van der Waals surface area contributed by atoms with Crippen molar-refractivity contribution < 1.29 is 14.9 Å². The van der Waals surface area contributed by atoms with Crippen LogP contribution in [0.4, 0.5) is 0 Å². The molecule has 0 aliphatic carbocycles. The molecule has 0 aromatic rings. The third-order valence-corrected chi connectivity index (χ3v) is 2.92. The average Bonchev–Trinajstić information content (AvgIpc) is 2.51. The highest BCUT2D eigenvalue weighted by atomic mass is 32.2. The zero-order chi connectivity index (χ0) is 8.97. The third-order valence-electron chi connectivity index (χ3n) is 1.59. The summed E-state index contributed by atoms with van der Waals surface area (Å²) >= 11 is 1.29. The van der Waals surface area contributed by atoms with Gasteiger partial charge >= 0.3 is 5.17 Å². The van der Waals surface area contributed by atoms with E-state index in [0.717, 1.165) is 18.3 Å². The number of carbonyl (C=O) groups excluding carboxylic acids is 1. The molecular formula is C7H12N2O2S. The van der Waals surface area contributed by atoms with Crippen LogP contribution in [-0.4, -0.2) is 29.5 Å². The fraction of sp³-hybridized carbons (Fsp3) is 0.714. The lowest BCUT2D eigenvalue weighted by atomic mass is 10.3. The predicted molar refractivity (Wildman–Crippen MR) is 45.5 cm³/mol. The van der Waals surface area contributed by atoms with Crippen molar-refractivity contribution in [3.8, 4) is 0 Å². The first-order valence-electron chi connectivity index (χ1n) is 3.96. The monoisotopic (exact) mass is 188 g/mol. The third kappa shape index (κ3) is 2.41. The van der Waals surface area contributed by atoms with Crippen LogP contribution < -0.4 is 15.4 Å². The van der Waals surface area contributed by atoms with E-state index in [1.54, 1.807) is 0 Å². The lowest BCUT2D eigenvalue weighted by molar-refractivity contribution is -0.441. The topological polar surface area (TPSA) is 66.1 Å². The van der Waals surface area contributed by atoms with Crippen molar-refractivity contribution >= 4 is 22.9 Å². The van der Waals surface area contributed by atoms with Crippen molar-refractivity contribution in [1.82, 2.24) is 5.32 Å². The normalized spacial score (nSPS) is 18.2. The van der Waals surface area contributed by atoms with Gasteiger partial charge in [0.15, 0.2) is 0 Å². The number of rotatable bonds is 3. The molecular weight excluding hydrogens is 176 g/mol. The summed E-state index contributed by atoms with van der Waals surface area (Å²) in [5.74, 6) is -0.995. The van der Waals surface area contributed by atoms with Crippen LogP contribution in [0.2, 0.25) is 0 Å². The van der Waals surface area contributed by atoms with Gasteiger partial charge in [-0.1, -0.05) is 6.92 Å². The van der Waals surface area contributed by atoms with Crippen LogP contribution in [0, 0.1) is 0 Å². The number of hydrogen-bond acceptors (Lipinski definition) is 4. The minimum Gasteiger partial charge on any atom is -0.549 e. The number of hydrogen-bond donors (Lipinski definition) is 2. The standard InChI is InChI=1S/C7H12N2O2S/c1-2-5(6(10)11)12-7-8-3-4-9-7/h5H,2-4H2,1H3,(H,8,9)(H,10,11). The van der Waals surface area contributed by atoms with E-state index in [4.69, 9.17) is 0 Å². The van der Waals surface area contributed by atoms with E-state index >= 15 is 0 Å². The van der Waals surface area contributed by atoms with Crippen molar-refractivity contribution in [2.45, 2.75) is 18.6 Å². The molecule has 1 unspecified atom stereocenters. The molecule has 12 heavy (non-hydrogen) atoms. The number of carboxylic acid groups (broad SMARTS) is 1. The molecule has 0 radical (unpaired) electrons. The van der Waals surface area contributed by atoms with Gasteiger partial charge in [-0.25, -0.2) is 0 Å². The minimum atomic E-state index is -0.995. The molecule has 68 valence electrons. The quantitative estimate of drug-likeness (QED) is 0.505. The first-order chi connectivity index (χ1) is 5.74. The minimum absolute atomic E-state index is 0.446. The van der Waals surface area contributed by atoms with Gasteiger partial charge in [0.05, 0.1) is 11.2 Å². The Morgan fingerprint density at radius 2 is 2.67 bits per heavy atom. The number of aliphatic carboxylic acids is 1.